The van der Waals surface area contributed by atoms with Gasteiger partial charge in [0.05, 0.1) is 6.21 Å². The second-order valence-corrected chi connectivity index (χ2v) is 3.74. The molecule has 0 saturated heterocycles. The van der Waals surface area contributed by atoms with Gasteiger partial charge in [0.15, 0.2) is 0 Å². The van der Waals surface area contributed by atoms with Crippen LogP contribution in [-0.4, -0.2) is 26.5 Å². The number of nitrogens with two attached hydrogens (primary N) is 1. The molecule has 0 radical (unpaired) electrons. The van der Waals surface area contributed by atoms with Crippen LogP contribution >= 0.6 is 0 Å². The zero-order chi connectivity index (χ0) is 12.4. The fourth-order valence-corrected chi connectivity index (χ4v) is 1.75. The first-order valence-corrected chi connectivity index (χ1v) is 5.40. The van der Waals surface area contributed by atoms with Crippen molar-refractivity contribution in [2.45, 2.75) is 0 Å². The quantitative estimate of drug-likeness (QED) is 0.682. The van der Waals surface area contributed by atoms with E-state index in [-0.39, 0.29) is 5.95 Å². The van der Waals surface area contributed by atoms with E-state index >= 15 is 0 Å². The minimum Gasteiger partial charge on any atom is -0.365 e. The lowest BCUT2D eigenvalue weighted by atomic mass is 10.1. The maximum Gasteiger partial charge on any atom is 0.263 e. The van der Waals surface area contributed by atoms with Gasteiger partial charge in [-0.2, -0.15) is 5.10 Å². The van der Waals surface area contributed by atoms with Gasteiger partial charge in [0, 0.05) is 5.56 Å². The minimum atomic E-state index is 0.159. The van der Waals surface area contributed by atoms with E-state index in [9.17, 15) is 0 Å². The summed E-state index contributed by atoms with van der Waals surface area (Å²) in [7, 11) is 0. The van der Waals surface area contributed by atoms with Crippen LogP contribution in [0.5, 0.6) is 0 Å². The van der Waals surface area contributed by atoms with Crippen molar-refractivity contribution in [2.75, 3.05) is 5.73 Å². The van der Waals surface area contributed by atoms with Gasteiger partial charge in [-0.05, 0) is 21.2 Å². The van der Waals surface area contributed by atoms with E-state index in [1.54, 1.807) is 6.21 Å². The summed E-state index contributed by atoms with van der Waals surface area (Å²) in [6.07, 6.45) is 1.69. The number of aromatic nitrogens is 4. The number of fused-ring (bicyclic) bond motifs is 1. The van der Waals surface area contributed by atoms with Gasteiger partial charge in [0.25, 0.3) is 5.95 Å². The molecule has 0 aliphatic rings. The summed E-state index contributed by atoms with van der Waals surface area (Å²) in [5, 5.41) is 17.0. The van der Waals surface area contributed by atoms with Gasteiger partial charge in [-0.25, -0.2) is 0 Å². The van der Waals surface area contributed by atoms with Crippen LogP contribution in [0.2, 0.25) is 0 Å². The smallest absolute Gasteiger partial charge is 0.263 e. The highest BCUT2D eigenvalue weighted by molar-refractivity contribution is 5.99. The molecular formula is C12H10N6. The van der Waals surface area contributed by atoms with E-state index in [4.69, 9.17) is 5.73 Å². The van der Waals surface area contributed by atoms with Crippen LogP contribution in [0.1, 0.15) is 5.56 Å². The van der Waals surface area contributed by atoms with Crippen molar-refractivity contribution in [1.29, 1.82) is 0 Å². The number of rotatable bonds is 2. The Bertz CT molecular complexity index is 710. The molecule has 6 nitrogen and oxygen atoms in total. The Labute approximate surface area is 103 Å². The lowest BCUT2D eigenvalue weighted by molar-refractivity contribution is 0.700. The van der Waals surface area contributed by atoms with Crippen LogP contribution in [0.3, 0.4) is 0 Å². The van der Waals surface area contributed by atoms with Crippen molar-refractivity contribution in [1.82, 2.24) is 20.3 Å². The summed E-state index contributed by atoms with van der Waals surface area (Å²) < 4.78 is 0. The summed E-state index contributed by atoms with van der Waals surface area (Å²) in [4.78, 5) is 1.18. The first kappa shape index (κ1) is 10.4. The maximum atomic E-state index is 5.53. The molecule has 88 valence electrons. The van der Waals surface area contributed by atoms with Crippen LogP contribution in [0.15, 0.2) is 47.6 Å². The van der Waals surface area contributed by atoms with Gasteiger partial charge in [-0.3, -0.25) is 0 Å². The predicted molar refractivity (Wildman–Crippen MR) is 69.2 cm³/mol. The number of hydrogen-bond donors (Lipinski definition) is 1. The lowest BCUT2D eigenvalue weighted by Crippen LogP contribution is -1.99. The average Bonchev–Trinajstić information content (AvgIpc) is 2.82. The Morgan fingerprint density at radius 2 is 1.94 bits per heavy atom. The van der Waals surface area contributed by atoms with Crippen molar-refractivity contribution in [2.24, 2.45) is 5.10 Å². The molecule has 3 rings (SSSR count). The van der Waals surface area contributed by atoms with Crippen LogP contribution in [0.25, 0.3) is 10.8 Å². The molecule has 0 amide bonds. The van der Waals surface area contributed by atoms with Crippen molar-refractivity contribution in [3.8, 4) is 0 Å². The van der Waals surface area contributed by atoms with Gasteiger partial charge in [-0.15, -0.1) is 0 Å². The molecule has 1 aromatic heterocycles. The molecule has 0 fully saturated rings. The molecule has 0 bridgehead atoms. The lowest BCUT2D eigenvalue weighted by Gasteiger charge is -2.00. The molecule has 1 heterocycles. The van der Waals surface area contributed by atoms with Crippen molar-refractivity contribution in [3.05, 3.63) is 48.0 Å². The van der Waals surface area contributed by atoms with E-state index in [2.05, 4.69) is 32.8 Å². The molecule has 18 heavy (non-hydrogen) atoms. The summed E-state index contributed by atoms with van der Waals surface area (Å²) in [6.45, 7) is 0. The third kappa shape index (κ3) is 1.80. The average molecular weight is 238 g/mol. The number of nitrogen functional groups attached to an aromatic ring is 1. The molecular weight excluding hydrogens is 228 g/mol. The largest absolute Gasteiger partial charge is 0.365 e. The molecule has 2 aromatic carbocycles. The Morgan fingerprint density at radius 3 is 2.78 bits per heavy atom. The number of tetrazole rings is 1. The second kappa shape index (κ2) is 4.25. The van der Waals surface area contributed by atoms with Gasteiger partial charge in [0.1, 0.15) is 0 Å². The Balaban J connectivity index is 2.05. The Hall–Kier alpha value is -2.76. The first-order valence-electron chi connectivity index (χ1n) is 5.40. The third-order valence-corrected chi connectivity index (χ3v) is 2.61. The summed E-state index contributed by atoms with van der Waals surface area (Å²) in [5.41, 5.74) is 6.52. The minimum absolute atomic E-state index is 0.159. The second-order valence-electron chi connectivity index (χ2n) is 3.74. The number of anilines is 1. The van der Waals surface area contributed by atoms with Gasteiger partial charge in [0.2, 0.25) is 0 Å². The highest BCUT2D eigenvalue weighted by Gasteiger charge is 1.99. The predicted octanol–water partition coefficient (Wildman–Crippen LogP) is 1.29. The van der Waals surface area contributed by atoms with E-state index < -0.39 is 0 Å². The molecule has 0 saturated carbocycles. The molecule has 3 aromatic rings. The van der Waals surface area contributed by atoms with Gasteiger partial charge >= 0.3 is 0 Å². The first-order chi connectivity index (χ1) is 8.84. The zero-order valence-electron chi connectivity index (χ0n) is 9.43. The number of hydrogen-bond acceptors (Lipinski definition) is 5. The molecule has 6 heteroatoms. The van der Waals surface area contributed by atoms with E-state index in [0.717, 1.165) is 16.3 Å². The molecule has 0 unspecified atom stereocenters. The van der Waals surface area contributed by atoms with Gasteiger partial charge < -0.3 is 5.73 Å². The highest BCUT2D eigenvalue weighted by Crippen LogP contribution is 2.16. The Kier molecular flexibility index (Phi) is 2.45. The molecule has 0 aliphatic carbocycles. The number of benzene rings is 2. The fourth-order valence-electron chi connectivity index (χ4n) is 1.75. The Morgan fingerprint density at radius 1 is 1.11 bits per heavy atom. The molecule has 0 aliphatic heterocycles. The third-order valence-electron chi connectivity index (χ3n) is 2.61. The normalized spacial score (nSPS) is 11.3. The summed E-state index contributed by atoms with van der Waals surface area (Å²) >= 11 is 0. The van der Waals surface area contributed by atoms with Crippen LogP contribution < -0.4 is 5.73 Å². The monoisotopic (exact) mass is 238 g/mol. The summed E-state index contributed by atoms with van der Waals surface area (Å²) in [5.74, 6) is 0.159. The molecule has 0 atom stereocenters. The maximum absolute atomic E-state index is 5.53. The van der Waals surface area contributed by atoms with Crippen LogP contribution in [0.4, 0.5) is 5.95 Å². The van der Waals surface area contributed by atoms with Crippen LogP contribution in [0, 0.1) is 0 Å². The van der Waals surface area contributed by atoms with E-state index in [0.29, 0.717) is 0 Å². The molecule has 2 N–H and O–H groups in total. The van der Waals surface area contributed by atoms with E-state index in [1.165, 1.54) is 4.79 Å². The highest BCUT2D eigenvalue weighted by atomic mass is 15.7. The standard InChI is InChI=1S/C12H10N6/c13-12-15-16-17-18(12)14-8-10-6-3-5-9-4-1-2-7-11(9)10/h1-8H,(H2,13,15,17). The van der Waals surface area contributed by atoms with Crippen molar-refractivity contribution >= 4 is 22.9 Å². The van der Waals surface area contributed by atoms with Crippen molar-refractivity contribution in [3.63, 3.8) is 0 Å². The zero-order valence-corrected chi connectivity index (χ0v) is 9.43. The number of nitrogens with zero attached hydrogens (tertiary/aromatic N) is 5. The fraction of sp³-hybridized carbons (Fsp3) is 0. The van der Waals surface area contributed by atoms with Crippen molar-refractivity contribution < 1.29 is 0 Å². The van der Waals surface area contributed by atoms with Crippen LogP contribution in [-0.2, 0) is 0 Å². The summed E-state index contributed by atoms with van der Waals surface area (Å²) in [6, 6.07) is 14.1. The SMILES string of the molecule is Nc1nnnn1N=Cc1cccc2ccccc12. The topological polar surface area (TPSA) is 82.0 Å². The molecule has 0 spiro atoms. The van der Waals surface area contributed by atoms with Gasteiger partial charge in [-0.1, -0.05) is 52.4 Å². The van der Waals surface area contributed by atoms with E-state index in [1.807, 2.05) is 30.3 Å².